The van der Waals surface area contributed by atoms with Crippen LogP contribution in [0.25, 0.3) is 6.08 Å². The maximum Gasteiger partial charge on any atom is 0.487 e. The zero-order valence-corrected chi connectivity index (χ0v) is 12.3. The Morgan fingerprint density at radius 2 is 1.52 bits per heavy atom. The number of carbonyl (C=O) groups is 1. The van der Waals surface area contributed by atoms with Crippen LogP contribution in [0.5, 0.6) is 0 Å². The Kier molecular flexibility index (Phi) is 5.57. The Balaban J connectivity index is 2.06. The summed E-state index contributed by atoms with van der Waals surface area (Å²) in [5.74, 6) is -1.07. The van der Waals surface area contributed by atoms with E-state index in [-0.39, 0.29) is 11.3 Å². The van der Waals surface area contributed by atoms with Gasteiger partial charge in [0.25, 0.3) is 5.91 Å². The van der Waals surface area contributed by atoms with E-state index in [1.807, 2.05) is 0 Å². The molecule has 0 fully saturated rings. The van der Waals surface area contributed by atoms with E-state index in [0.717, 1.165) is 11.6 Å². The van der Waals surface area contributed by atoms with Crippen LogP contribution in [-0.2, 0) is 11.2 Å². The molecule has 0 saturated carbocycles. The molecule has 5 heteroatoms. The lowest BCUT2D eigenvalue weighted by atomic mass is 10.1. The van der Waals surface area contributed by atoms with Gasteiger partial charge < -0.3 is 0 Å². The third kappa shape index (κ3) is 5.29. The average Bonchev–Trinajstić information content (AvgIpc) is 2.54. The second-order valence-electron chi connectivity index (χ2n) is 4.94. The van der Waals surface area contributed by atoms with E-state index < -0.39 is 18.8 Å². The molecule has 0 unspecified atom stereocenters. The number of halogens is 3. The van der Waals surface area contributed by atoms with Crippen LogP contribution < -0.4 is 0 Å². The molecule has 2 rings (SSSR count). The number of amides is 1. The molecule has 120 valence electrons. The van der Waals surface area contributed by atoms with Crippen molar-refractivity contribution in [2.24, 2.45) is 0 Å². The first kappa shape index (κ1) is 16.8. The van der Waals surface area contributed by atoms with Gasteiger partial charge in [-0.05, 0) is 23.6 Å². The number of benzene rings is 2. The van der Waals surface area contributed by atoms with E-state index in [9.17, 15) is 18.0 Å². The molecule has 0 aromatic heterocycles. The van der Waals surface area contributed by atoms with Crippen LogP contribution in [0.4, 0.5) is 13.2 Å². The van der Waals surface area contributed by atoms with E-state index >= 15 is 0 Å². The first-order chi connectivity index (χ1) is 11.0. The second-order valence-corrected chi connectivity index (χ2v) is 4.94. The molecule has 2 aromatic carbocycles. The molecule has 0 saturated heterocycles. The van der Waals surface area contributed by atoms with Crippen molar-refractivity contribution in [2.45, 2.75) is 12.7 Å². The van der Waals surface area contributed by atoms with Gasteiger partial charge in [0.2, 0.25) is 0 Å². The molecule has 0 N–H and O–H groups in total. The summed E-state index contributed by atoms with van der Waals surface area (Å²) in [7, 11) is 0. The standard InChI is InChI=1S/C18H16F3NO/c19-18(20,21)22(14-13-16-9-5-2-6-10-16)17(23)12-11-15-7-3-1-4-8-15/h1-12H,13-14H2/b12-11+. The van der Waals surface area contributed by atoms with E-state index in [2.05, 4.69) is 0 Å². The number of hydrogen-bond donors (Lipinski definition) is 0. The summed E-state index contributed by atoms with van der Waals surface area (Å²) >= 11 is 0. The number of carbonyl (C=O) groups excluding carboxylic acids is 1. The van der Waals surface area contributed by atoms with Gasteiger partial charge in [-0.3, -0.25) is 4.79 Å². The predicted octanol–water partition coefficient (Wildman–Crippen LogP) is 4.29. The molecule has 0 spiro atoms. The summed E-state index contributed by atoms with van der Waals surface area (Å²) in [5.41, 5.74) is 1.42. The fourth-order valence-corrected chi connectivity index (χ4v) is 2.07. The Bertz CT molecular complexity index is 651. The van der Waals surface area contributed by atoms with Crippen molar-refractivity contribution in [3.63, 3.8) is 0 Å². The summed E-state index contributed by atoms with van der Waals surface area (Å²) in [5, 5.41) is 0. The highest BCUT2D eigenvalue weighted by Crippen LogP contribution is 2.22. The monoisotopic (exact) mass is 319 g/mol. The molecular weight excluding hydrogens is 303 g/mol. The van der Waals surface area contributed by atoms with Crippen molar-refractivity contribution in [3.8, 4) is 0 Å². The van der Waals surface area contributed by atoms with Crippen LogP contribution in [0, 0.1) is 0 Å². The number of alkyl halides is 3. The number of hydrogen-bond acceptors (Lipinski definition) is 1. The Morgan fingerprint density at radius 1 is 0.957 bits per heavy atom. The number of nitrogens with zero attached hydrogens (tertiary/aromatic N) is 1. The first-order valence-electron chi connectivity index (χ1n) is 7.12. The van der Waals surface area contributed by atoms with Crippen molar-refractivity contribution < 1.29 is 18.0 Å². The molecule has 23 heavy (non-hydrogen) atoms. The SMILES string of the molecule is O=C(/C=C/c1ccccc1)N(CCc1ccccc1)C(F)(F)F. The molecule has 1 amide bonds. The fraction of sp³-hybridized carbons (Fsp3) is 0.167. The van der Waals surface area contributed by atoms with Crippen LogP contribution in [-0.4, -0.2) is 23.7 Å². The Labute approximate surface area is 132 Å². The van der Waals surface area contributed by atoms with Crippen LogP contribution in [0.1, 0.15) is 11.1 Å². The van der Waals surface area contributed by atoms with Crippen molar-refractivity contribution in [3.05, 3.63) is 77.9 Å². The van der Waals surface area contributed by atoms with Gasteiger partial charge >= 0.3 is 6.30 Å². The summed E-state index contributed by atoms with van der Waals surface area (Å²) in [6.07, 6.45) is -2.23. The largest absolute Gasteiger partial charge is 0.487 e. The highest BCUT2D eigenvalue weighted by atomic mass is 19.4. The average molecular weight is 319 g/mol. The molecule has 0 atom stereocenters. The van der Waals surface area contributed by atoms with E-state index in [4.69, 9.17) is 0 Å². The zero-order valence-electron chi connectivity index (χ0n) is 12.3. The maximum atomic E-state index is 13.1. The molecule has 2 aromatic rings. The third-order valence-electron chi connectivity index (χ3n) is 3.26. The van der Waals surface area contributed by atoms with E-state index in [1.165, 1.54) is 6.08 Å². The quantitative estimate of drug-likeness (QED) is 0.595. The minimum absolute atomic E-state index is 0.0700. The topological polar surface area (TPSA) is 20.3 Å². The van der Waals surface area contributed by atoms with Crippen LogP contribution >= 0.6 is 0 Å². The minimum Gasteiger partial charge on any atom is -0.270 e. The Morgan fingerprint density at radius 3 is 2.09 bits per heavy atom. The van der Waals surface area contributed by atoms with E-state index in [0.29, 0.717) is 5.56 Å². The second kappa shape index (κ2) is 7.63. The molecule has 0 heterocycles. The lowest BCUT2D eigenvalue weighted by molar-refractivity contribution is -0.237. The summed E-state index contributed by atoms with van der Waals surface area (Å²) in [6, 6.07) is 17.5. The summed E-state index contributed by atoms with van der Waals surface area (Å²) in [6.45, 7) is -0.411. The van der Waals surface area contributed by atoms with Gasteiger partial charge in [-0.1, -0.05) is 60.7 Å². The summed E-state index contributed by atoms with van der Waals surface area (Å²) < 4.78 is 39.2. The van der Waals surface area contributed by atoms with Crippen LogP contribution in [0.2, 0.25) is 0 Å². The van der Waals surface area contributed by atoms with Gasteiger partial charge in [0.05, 0.1) is 0 Å². The molecule has 0 radical (unpaired) electrons. The first-order valence-corrected chi connectivity index (χ1v) is 7.12. The van der Waals surface area contributed by atoms with Crippen LogP contribution in [0.3, 0.4) is 0 Å². The molecular formula is C18H16F3NO. The number of rotatable bonds is 5. The van der Waals surface area contributed by atoms with Gasteiger partial charge in [0.15, 0.2) is 0 Å². The maximum absolute atomic E-state index is 13.1. The molecule has 0 aliphatic heterocycles. The van der Waals surface area contributed by atoms with Gasteiger partial charge in [-0.15, -0.1) is 13.2 Å². The van der Waals surface area contributed by atoms with Crippen molar-refractivity contribution in [2.75, 3.05) is 6.54 Å². The lowest BCUT2D eigenvalue weighted by Gasteiger charge is -2.23. The van der Waals surface area contributed by atoms with Crippen molar-refractivity contribution >= 4 is 12.0 Å². The van der Waals surface area contributed by atoms with Gasteiger partial charge in [0, 0.05) is 12.6 Å². The van der Waals surface area contributed by atoms with Gasteiger partial charge in [-0.25, -0.2) is 4.90 Å². The van der Waals surface area contributed by atoms with Crippen molar-refractivity contribution in [1.82, 2.24) is 4.90 Å². The molecule has 0 aliphatic carbocycles. The zero-order chi connectivity index (χ0) is 16.7. The minimum atomic E-state index is -4.70. The van der Waals surface area contributed by atoms with Crippen LogP contribution in [0.15, 0.2) is 66.7 Å². The highest BCUT2D eigenvalue weighted by Gasteiger charge is 2.39. The Hall–Kier alpha value is -2.56. The fourth-order valence-electron chi connectivity index (χ4n) is 2.07. The highest BCUT2D eigenvalue weighted by molar-refractivity contribution is 5.92. The third-order valence-corrected chi connectivity index (χ3v) is 3.26. The molecule has 2 nitrogen and oxygen atoms in total. The lowest BCUT2D eigenvalue weighted by Crippen LogP contribution is -2.43. The van der Waals surface area contributed by atoms with Crippen molar-refractivity contribution in [1.29, 1.82) is 0 Å². The van der Waals surface area contributed by atoms with Gasteiger partial charge in [0.1, 0.15) is 0 Å². The van der Waals surface area contributed by atoms with E-state index in [1.54, 1.807) is 60.7 Å². The molecule has 0 bridgehead atoms. The predicted molar refractivity (Wildman–Crippen MR) is 83.4 cm³/mol. The van der Waals surface area contributed by atoms with Gasteiger partial charge in [-0.2, -0.15) is 0 Å². The normalized spacial score (nSPS) is 11.6. The smallest absolute Gasteiger partial charge is 0.270 e. The summed E-state index contributed by atoms with van der Waals surface area (Å²) in [4.78, 5) is 11.8. The molecule has 0 aliphatic rings.